The number of unbranched alkanes of at least 4 members (excludes halogenated alkanes) is 15. The molecule has 9 heteroatoms. The summed E-state index contributed by atoms with van der Waals surface area (Å²) in [5.74, 6) is 0. The predicted molar refractivity (Wildman–Crippen MR) is 164 cm³/mol. The zero-order valence-electron chi connectivity index (χ0n) is 25.8. The molecule has 1 saturated heterocycles. The van der Waals surface area contributed by atoms with Crippen LogP contribution < -0.4 is 10.6 Å². The van der Waals surface area contributed by atoms with Crippen molar-refractivity contribution < 1.29 is 29.0 Å². The Balaban J connectivity index is 1.78. The maximum absolute atomic E-state index is 11.9. The number of hydrogen-bond acceptors (Lipinski definition) is 5. The summed E-state index contributed by atoms with van der Waals surface area (Å²) in [4.78, 5) is 35.9. The fourth-order valence-electron chi connectivity index (χ4n) is 4.91. The highest BCUT2D eigenvalue weighted by Gasteiger charge is 2.24. The van der Waals surface area contributed by atoms with Gasteiger partial charge in [0, 0.05) is 39.0 Å². The highest BCUT2D eigenvalue weighted by Crippen LogP contribution is 2.14. The summed E-state index contributed by atoms with van der Waals surface area (Å²) in [5, 5.41) is 14.5. The molecule has 0 aromatic heterocycles. The molecule has 0 bridgehead atoms. The third-order valence-corrected chi connectivity index (χ3v) is 7.52. The van der Waals surface area contributed by atoms with Crippen LogP contribution in [0.1, 0.15) is 135 Å². The fourth-order valence-corrected chi connectivity index (χ4v) is 4.91. The van der Waals surface area contributed by atoms with Crippen LogP contribution >= 0.6 is 0 Å². The van der Waals surface area contributed by atoms with Gasteiger partial charge in [0.15, 0.2) is 0 Å². The van der Waals surface area contributed by atoms with Crippen LogP contribution in [-0.2, 0) is 9.47 Å². The smallest absolute Gasteiger partial charge is 0.407 e. The molecule has 0 aromatic carbocycles. The Morgan fingerprint density at radius 2 is 1.20 bits per heavy atom. The van der Waals surface area contributed by atoms with Crippen molar-refractivity contribution in [2.75, 3.05) is 32.8 Å². The summed E-state index contributed by atoms with van der Waals surface area (Å²) >= 11 is 0. The average Bonchev–Trinajstić information content (AvgIpc) is 2.96. The van der Waals surface area contributed by atoms with E-state index in [1.165, 1.54) is 81.9 Å². The summed E-state index contributed by atoms with van der Waals surface area (Å²) in [6.07, 6.45) is 25.1. The molecular weight excluding hydrogens is 522 g/mol. The van der Waals surface area contributed by atoms with E-state index in [1.54, 1.807) is 0 Å². The van der Waals surface area contributed by atoms with Gasteiger partial charge in [-0.15, -0.1) is 0 Å². The number of piperidine rings is 1. The molecule has 0 atom stereocenters. The molecule has 3 amide bonds. The second-order valence-electron chi connectivity index (χ2n) is 11.2. The van der Waals surface area contributed by atoms with E-state index < -0.39 is 12.2 Å². The van der Waals surface area contributed by atoms with Gasteiger partial charge < -0.3 is 30.1 Å². The minimum absolute atomic E-state index is 0.226. The van der Waals surface area contributed by atoms with E-state index in [9.17, 15) is 14.4 Å². The first-order chi connectivity index (χ1) is 20.0. The second kappa shape index (κ2) is 26.4. The largest absolute Gasteiger partial charge is 0.465 e. The van der Waals surface area contributed by atoms with Gasteiger partial charge in [-0.2, -0.15) is 0 Å². The summed E-state index contributed by atoms with van der Waals surface area (Å²) in [6.45, 7) is 4.66. The molecule has 0 saturated carbocycles. The van der Waals surface area contributed by atoms with Gasteiger partial charge in [-0.1, -0.05) is 83.3 Å². The molecule has 41 heavy (non-hydrogen) atoms. The lowest BCUT2D eigenvalue weighted by molar-refractivity contribution is 0.0510. The summed E-state index contributed by atoms with van der Waals surface area (Å²) in [7, 11) is 0. The van der Waals surface area contributed by atoms with Crippen molar-refractivity contribution in [1.82, 2.24) is 15.5 Å². The first-order valence-electron chi connectivity index (χ1n) is 16.5. The van der Waals surface area contributed by atoms with Crippen molar-refractivity contribution in [3.63, 3.8) is 0 Å². The lowest BCUT2D eigenvalue weighted by Crippen LogP contribution is -2.41. The third-order valence-electron chi connectivity index (χ3n) is 7.52. The van der Waals surface area contributed by atoms with Crippen molar-refractivity contribution in [3.8, 4) is 0 Å². The second-order valence-corrected chi connectivity index (χ2v) is 11.2. The van der Waals surface area contributed by atoms with Gasteiger partial charge >= 0.3 is 18.3 Å². The molecule has 1 aliphatic heterocycles. The minimum Gasteiger partial charge on any atom is -0.465 e. The lowest BCUT2D eigenvalue weighted by atomic mass is 10.1. The van der Waals surface area contributed by atoms with Crippen LogP contribution in [0.4, 0.5) is 14.4 Å². The number of nitrogens with zero attached hydrogens (tertiary/aromatic N) is 1. The molecule has 0 aromatic rings. The lowest BCUT2D eigenvalue weighted by Gasteiger charge is -2.29. The first-order valence-corrected chi connectivity index (χ1v) is 16.5. The molecule has 0 radical (unpaired) electrons. The Hall–Kier alpha value is -2.45. The normalized spacial score (nSPS) is 13.8. The van der Waals surface area contributed by atoms with E-state index in [4.69, 9.17) is 14.6 Å². The number of nitrogens with one attached hydrogen (secondary N) is 2. The van der Waals surface area contributed by atoms with E-state index in [0.717, 1.165) is 38.5 Å². The molecular formula is C32H59N3O6. The highest BCUT2D eigenvalue weighted by atomic mass is 16.6. The number of rotatable bonds is 24. The Labute approximate surface area is 249 Å². The number of allylic oxidation sites excluding steroid dienone is 2. The molecule has 9 nitrogen and oxygen atoms in total. The van der Waals surface area contributed by atoms with Crippen LogP contribution in [0.3, 0.4) is 0 Å². The Bertz CT molecular complexity index is 695. The van der Waals surface area contributed by atoms with E-state index in [0.29, 0.717) is 45.6 Å². The number of carbonyl (C=O) groups is 3. The Kier molecular flexibility index (Phi) is 23.6. The molecule has 3 N–H and O–H groups in total. The maximum Gasteiger partial charge on any atom is 0.407 e. The van der Waals surface area contributed by atoms with Crippen molar-refractivity contribution in [3.05, 3.63) is 12.2 Å². The molecule has 1 rings (SSSR count). The SMILES string of the molecule is CCCCCCCCC=CCCCCCCCCNC(=O)OCCCCCCNC(=O)OC1CCN(C(=O)O)CC1. The molecule has 0 spiro atoms. The quantitative estimate of drug-likeness (QED) is 0.0781. The molecule has 1 heterocycles. The topological polar surface area (TPSA) is 117 Å². The average molecular weight is 582 g/mol. The van der Waals surface area contributed by atoms with Crippen LogP contribution in [0.25, 0.3) is 0 Å². The van der Waals surface area contributed by atoms with E-state index in [1.807, 2.05) is 0 Å². The van der Waals surface area contributed by atoms with Gasteiger partial charge in [0.25, 0.3) is 0 Å². The fraction of sp³-hybridized carbons (Fsp3) is 0.844. The number of likely N-dealkylation sites (tertiary alicyclic amines) is 1. The summed E-state index contributed by atoms with van der Waals surface area (Å²) < 4.78 is 10.6. The maximum atomic E-state index is 11.9. The number of ether oxygens (including phenoxy) is 2. The zero-order chi connectivity index (χ0) is 29.8. The van der Waals surface area contributed by atoms with Gasteiger partial charge in [-0.25, -0.2) is 14.4 Å². The van der Waals surface area contributed by atoms with Crippen molar-refractivity contribution in [2.45, 2.75) is 141 Å². The number of carbonyl (C=O) groups excluding carboxylic acids is 2. The molecule has 238 valence electrons. The molecule has 1 fully saturated rings. The number of hydrogen-bond donors (Lipinski definition) is 3. The number of alkyl carbamates (subject to hydrolysis) is 2. The van der Waals surface area contributed by atoms with E-state index >= 15 is 0 Å². The monoisotopic (exact) mass is 581 g/mol. The predicted octanol–water partition coefficient (Wildman–Crippen LogP) is 8.18. The van der Waals surface area contributed by atoms with Gasteiger partial charge in [0.2, 0.25) is 0 Å². The van der Waals surface area contributed by atoms with Gasteiger partial charge in [-0.05, 0) is 51.4 Å². The van der Waals surface area contributed by atoms with E-state index in [2.05, 4.69) is 29.7 Å². The van der Waals surface area contributed by atoms with Gasteiger partial charge in [0.05, 0.1) is 6.61 Å². The van der Waals surface area contributed by atoms with Crippen LogP contribution in [0, 0.1) is 0 Å². The standard InChI is InChI=1S/C32H59N3O6/c1-2-3-4-5-6-7-8-9-10-11-12-13-14-15-16-19-24-33-30(36)40-28-21-18-17-20-25-34-31(37)41-29-22-26-35(27-23-29)32(38)39/h9-10,29H,2-8,11-28H2,1H3,(H,33,36)(H,34,37)(H,38,39). The number of amides is 3. The minimum atomic E-state index is -0.928. The summed E-state index contributed by atoms with van der Waals surface area (Å²) in [5.41, 5.74) is 0. The highest BCUT2D eigenvalue weighted by molar-refractivity contribution is 5.67. The van der Waals surface area contributed by atoms with Gasteiger partial charge in [0.1, 0.15) is 6.10 Å². The van der Waals surface area contributed by atoms with Crippen LogP contribution in [0.2, 0.25) is 0 Å². The zero-order valence-corrected chi connectivity index (χ0v) is 25.8. The van der Waals surface area contributed by atoms with Crippen LogP contribution in [-0.4, -0.2) is 67.2 Å². The third kappa shape index (κ3) is 22.9. The van der Waals surface area contributed by atoms with Crippen LogP contribution in [0.5, 0.6) is 0 Å². The number of carboxylic acid groups (broad SMARTS) is 1. The first kappa shape index (κ1) is 36.6. The van der Waals surface area contributed by atoms with Gasteiger partial charge in [-0.3, -0.25) is 0 Å². The summed E-state index contributed by atoms with van der Waals surface area (Å²) in [6, 6.07) is 0. The van der Waals surface area contributed by atoms with Crippen LogP contribution in [0.15, 0.2) is 12.2 Å². The van der Waals surface area contributed by atoms with Crippen molar-refractivity contribution in [1.29, 1.82) is 0 Å². The Morgan fingerprint density at radius 1 is 0.707 bits per heavy atom. The van der Waals surface area contributed by atoms with Crippen molar-refractivity contribution >= 4 is 18.3 Å². The molecule has 0 unspecified atom stereocenters. The van der Waals surface area contributed by atoms with E-state index in [-0.39, 0.29) is 12.2 Å². The molecule has 1 aliphatic rings. The Morgan fingerprint density at radius 3 is 1.76 bits per heavy atom. The molecule has 0 aliphatic carbocycles. The van der Waals surface area contributed by atoms with Crippen molar-refractivity contribution in [2.24, 2.45) is 0 Å².